The Balaban J connectivity index is 2.09. The van der Waals surface area contributed by atoms with Crippen LogP contribution in [0.2, 0.25) is 0 Å². The van der Waals surface area contributed by atoms with Crippen LogP contribution < -0.4 is 4.74 Å². The van der Waals surface area contributed by atoms with Crippen LogP contribution in [-0.2, 0) is 16.1 Å². The van der Waals surface area contributed by atoms with Crippen LogP contribution >= 0.6 is 0 Å². The Hall–Kier alpha value is -1.55. The third-order valence-electron chi connectivity index (χ3n) is 6.30. The lowest BCUT2D eigenvalue weighted by Crippen LogP contribution is -2.46. The number of benzene rings is 1. The van der Waals surface area contributed by atoms with Crippen LogP contribution in [0.5, 0.6) is 5.75 Å². The van der Waals surface area contributed by atoms with E-state index in [0.717, 1.165) is 43.7 Å². The summed E-state index contributed by atoms with van der Waals surface area (Å²) in [5, 5.41) is 0. The number of hydrogen-bond acceptors (Lipinski definition) is 3. The van der Waals surface area contributed by atoms with E-state index in [0.29, 0.717) is 18.9 Å². The van der Waals surface area contributed by atoms with Crippen LogP contribution in [0.4, 0.5) is 0 Å². The molecule has 0 saturated carbocycles. The molecule has 1 atom stereocenters. The quantitative estimate of drug-likeness (QED) is 0.520. The number of nitrogens with zero attached hydrogens (tertiary/aromatic N) is 1. The van der Waals surface area contributed by atoms with Gasteiger partial charge in [0.1, 0.15) is 5.75 Å². The SMILES string of the molecule is CCC(=O)N(CC[C@@]1(C(C)C)CCOC(C)(C)C1)Cc1ccc(OC(C)C)cc1. The molecule has 0 bridgehead atoms. The Morgan fingerprint density at radius 1 is 1.17 bits per heavy atom. The molecule has 1 heterocycles. The van der Waals surface area contributed by atoms with E-state index in [9.17, 15) is 4.79 Å². The van der Waals surface area contributed by atoms with Gasteiger partial charge in [-0.1, -0.05) is 32.9 Å². The van der Waals surface area contributed by atoms with Crippen molar-refractivity contribution < 1.29 is 14.3 Å². The highest BCUT2D eigenvalue weighted by Crippen LogP contribution is 2.47. The minimum atomic E-state index is -0.0889. The number of hydrogen-bond donors (Lipinski definition) is 0. The standard InChI is InChI=1S/C25H41NO3/c1-8-23(27)26(17-21-9-11-22(12-10-21)29-20(4)5)15-13-25(19(2)3)14-16-28-24(6,7)18-25/h9-12,19-20H,8,13-18H2,1-7H3/t25-/m1/s1. The molecule has 1 aliphatic heterocycles. The first kappa shape index (κ1) is 23.7. The van der Waals surface area contributed by atoms with Gasteiger partial charge in [-0.15, -0.1) is 0 Å². The number of carbonyl (C=O) groups excluding carboxylic acids is 1. The van der Waals surface area contributed by atoms with Gasteiger partial charge in [0.05, 0.1) is 11.7 Å². The first-order valence-corrected chi connectivity index (χ1v) is 11.2. The van der Waals surface area contributed by atoms with Gasteiger partial charge in [0.2, 0.25) is 5.91 Å². The van der Waals surface area contributed by atoms with Crippen molar-refractivity contribution in [1.82, 2.24) is 4.90 Å². The van der Waals surface area contributed by atoms with Gasteiger partial charge in [-0.05, 0) is 76.0 Å². The maximum atomic E-state index is 12.7. The monoisotopic (exact) mass is 403 g/mol. The third kappa shape index (κ3) is 6.74. The molecular weight excluding hydrogens is 362 g/mol. The molecule has 0 N–H and O–H groups in total. The predicted octanol–water partition coefficient (Wildman–Crippen LogP) is 5.83. The maximum Gasteiger partial charge on any atom is 0.222 e. The topological polar surface area (TPSA) is 38.8 Å². The van der Waals surface area contributed by atoms with Crippen molar-refractivity contribution >= 4 is 5.91 Å². The maximum absolute atomic E-state index is 12.7. The number of carbonyl (C=O) groups is 1. The van der Waals surface area contributed by atoms with E-state index in [2.05, 4.69) is 39.8 Å². The van der Waals surface area contributed by atoms with Crippen molar-refractivity contribution in [3.8, 4) is 5.75 Å². The van der Waals surface area contributed by atoms with Gasteiger partial charge in [0, 0.05) is 26.1 Å². The molecule has 0 aromatic heterocycles. The van der Waals surface area contributed by atoms with E-state index >= 15 is 0 Å². The number of ether oxygens (including phenoxy) is 2. The molecule has 4 heteroatoms. The van der Waals surface area contributed by atoms with E-state index in [-0.39, 0.29) is 23.0 Å². The minimum Gasteiger partial charge on any atom is -0.491 e. The largest absolute Gasteiger partial charge is 0.491 e. The van der Waals surface area contributed by atoms with Crippen molar-refractivity contribution in [3.05, 3.63) is 29.8 Å². The van der Waals surface area contributed by atoms with Crippen molar-refractivity contribution in [1.29, 1.82) is 0 Å². The Labute approximate surface area is 178 Å². The summed E-state index contributed by atoms with van der Waals surface area (Å²) in [6.07, 6.45) is 3.85. The lowest BCUT2D eigenvalue weighted by atomic mass is 9.65. The Morgan fingerprint density at radius 2 is 1.83 bits per heavy atom. The van der Waals surface area contributed by atoms with Gasteiger partial charge in [-0.25, -0.2) is 0 Å². The summed E-state index contributed by atoms with van der Waals surface area (Å²) in [5.74, 6) is 1.66. The zero-order valence-electron chi connectivity index (χ0n) is 19.6. The summed E-state index contributed by atoms with van der Waals surface area (Å²) in [6, 6.07) is 8.15. The molecule has 1 amide bonds. The lowest BCUT2D eigenvalue weighted by Gasteiger charge is -2.48. The van der Waals surface area contributed by atoms with Gasteiger partial charge < -0.3 is 14.4 Å². The predicted molar refractivity (Wildman–Crippen MR) is 119 cm³/mol. The highest BCUT2D eigenvalue weighted by molar-refractivity contribution is 5.75. The molecule has 1 aliphatic rings. The van der Waals surface area contributed by atoms with Gasteiger partial charge in [0.25, 0.3) is 0 Å². The Kier molecular flexibility index (Phi) is 8.16. The number of rotatable bonds is 9. The highest BCUT2D eigenvalue weighted by Gasteiger charge is 2.43. The summed E-state index contributed by atoms with van der Waals surface area (Å²) in [6.45, 7) is 17.3. The van der Waals surface area contributed by atoms with E-state index in [1.165, 1.54) is 0 Å². The molecule has 0 radical (unpaired) electrons. The highest BCUT2D eigenvalue weighted by atomic mass is 16.5. The molecule has 1 aromatic carbocycles. The number of amides is 1. The van der Waals surface area contributed by atoms with E-state index in [1.54, 1.807) is 0 Å². The third-order valence-corrected chi connectivity index (χ3v) is 6.30. The molecule has 1 aromatic rings. The molecule has 1 saturated heterocycles. The fourth-order valence-corrected chi connectivity index (χ4v) is 4.55. The summed E-state index contributed by atoms with van der Waals surface area (Å²) in [4.78, 5) is 14.7. The summed E-state index contributed by atoms with van der Waals surface area (Å²) >= 11 is 0. The molecule has 0 aliphatic carbocycles. The normalized spacial score (nSPS) is 21.4. The Morgan fingerprint density at radius 3 is 2.34 bits per heavy atom. The van der Waals surface area contributed by atoms with Crippen molar-refractivity contribution in [2.45, 2.75) is 92.4 Å². The van der Waals surface area contributed by atoms with Crippen LogP contribution in [0.3, 0.4) is 0 Å². The minimum absolute atomic E-state index is 0.0889. The molecule has 29 heavy (non-hydrogen) atoms. The van der Waals surface area contributed by atoms with Crippen LogP contribution in [0.1, 0.15) is 79.7 Å². The average molecular weight is 404 g/mol. The Bertz CT molecular complexity index is 651. The molecule has 0 unspecified atom stereocenters. The average Bonchev–Trinajstić information content (AvgIpc) is 2.64. The van der Waals surface area contributed by atoms with Gasteiger partial charge >= 0.3 is 0 Å². The van der Waals surface area contributed by atoms with Crippen LogP contribution in [0.15, 0.2) is 24.3 Å². The zero-order valence-corrected chi connectivity index (χ0v) is 19.6. The van der Waals surface area contributed by atoms with Crippen LogP contribution in [0, 0.1) is 11.3 Å². The summed E-state index contributed by atoms with van der Waals surface area (Å²) in [5.41, 5.74) is 1.28. The molecule has 164 valence electrons. The summed E-state index contributed by atoms with van der Waals surface area (Å²) < 4.78 is 11.7. The smallest absolute Gasteiger partial charge is 0.222 e. The fourth-order valence-electron chi connectivity index (χ4n) is 4.55. The second-order valence-electron chi connectivity index (χ2n) is 9.78. The second-order valence-corrected chi connectivity index (χ2v) is 9.78. The second kappa shape index (κ2) is 9.97. The van der Waals surface area contributed by atoms with Gasteiger partial charge in [-0.3, -0.25) is 4.79 Å². The molecule has 4 nitrogen and oxygen atoms in total. The van der Waals surface area contributed by atoms with Crippen LogP contribution in [0.25, 0.3) is 0 Å². The van der Waals surface area contributed by atoms with Crippen molar-refractivity contribution in [2.24, 2.45) is 11.3 Å². The van der Waals surface area contributed by atoms with E-state index in [4.69, 9.17) is 9.47 Å². The van der Waals surface area contributed by atoms with E-state index in [1.807, 2.05) is 37.8 Å². The first-order valence-electron chi connectivity index (χ1n) is 11.2. The van der Waals surface area contributed by atoms with Crippen molar-refractivity contribution in [3.63, 3.8) is 0 Å². The zero-order chi connectivity index (χ0) is 21.7. The van der Waals surface area contributed by atoms with Gasteiger partial charge in [0.15, 0.2) is 0 Å². The molecular formula is C25H41NO3. The van der Waals surface area contributed by atoms with E-state index < -0.39 is 0 Å². The van der Waals surface area contributed by atoms with Crippen molar-refractivity contribution in [2.75, 3.05) is 13.2 Å². The summed E-state index contributed by atoms with van der Waals surface area (Å²) in [7, 11) is 0. The molecule has 1 fully saturated rings. The molecule has 0 spiro atoms. The van der Waals surface area contributed by atoms with Gasteiger partial charge in [-0.2, -0.15) is 0 Å². The fraction of sp³-hybridized carbons (Fsp3) is 0.720. The lowest BCUT2D eigenvalue weighted by molar-refractivity contribution is -0.135. The first-order chi connectivity index (χ1) is 13.6. The van der Waals surface area contributed by atoms with Crippen LogP contribution in [-0.4, -0.2) is 35.7 Å². The molecule has 2 rings (SSSR count).